The lowest BCUT2D eigenvalue weighted by Gasteiger charge is -2.47. The summed E-state index contributed by atoms with van der Waals surface area (Å²) in [6.45, 7) is 9.16. The van der Waals surface area contributed by atoms with Crippen LogP contribution >= 0.6 is 0 Å². The fourth-order valence-corrected chi connectivity index (χ4v) is 9.43. The number of ether oxygens (including phenoxy) is 2. The molecule has 2 aromatic rings. The van der Waals surface area contributed by atoms with Gasteiger partial charge in [0, 0.05) is 18.8 Å². The largest absolute Gasteiger partial charge is 0.461 e. The van der Waals surface area contributed by atoms with E-state index in [9.17, 15) is 15.1 Å². The molecule has 0 saturated carbocycles. The van der Waals surface area contributed by atoms with Gasteiger partial charge >= 0.3 is 11.9 Å². The first-order chi connectivity index (χ1) is 17.1. The molecule has 0 aromatic heterocycles. The first-order valence-corrected chi connectivity index (χ1v) is 13.8. The molecule has 0 radical (unpaired) electrons. The minimum absolute atomic E-state index is 0.0418. The highest BCUT2D eigenvalue weighted by Gasteiger charge is 2.53. The summed E-state index contributed by atoms with van der Waals surface area (Å²) >= 11 is 0. The number of carbonyl (C=O) groups excluding carboxylic acids is 2. The van der Waals surface area contributed by atoms with Crippen molar-refractivity contribution >= 4 is 30.6 Å². The van der Waals surface area contributed by atoms with Crippen LogP contribution in [0, 0.1) is 0 Å². The fourth-order valence-electron chi connectivity index (χ4n) is 4.81. The molecule has 1 aliphatic carbocycles. The van der Waals surface area contributed by atoms with E-state index in [1.54, 1.807) is 0 Å². The number of nitrogens with zero attached hydrogens (tertiary/aromatic N) is 3. The number of rotatable bonds is 8. The Bertz CT molecular complexity index is 1100. The minimum Gasteiger partial charge on any atom is -0.461 e. The Balaban J connectivity index is 2.22. The van der Waals surface area contributed by atoms with Crippen molar-refractivity contribution in [1.29, 1.82) is 0 Å². The third-order valence-electron chi connectivity index (χ3n) is 6.27. The van der Waals surface area contributed by atoms with Gasteiger partial charge in [-0.25, -0.2) is 0 Å². The van der Waals surface area contributed by atoms with Gasteiger partial charge < -0.3 is 13.9 Å². The smallest absolute Gasteiger partial charge is 0.303 e. The lowest BCUT2D eigenvalue weighted by atomic mass is 9.91. The summed E-state index contributed by atoms with van der Waals surface area (Å²) in [6, 6.07) is 19.5. The van der Waals surface area contributed by atoms with Gasteiger partial charge in [0.2, 0.25) is 0 Å². The van der Waals surface area contributed by atoms with E-state index >= 15 is 0 Å². The van der Waals surface area contributed by atoms with Gasteiger partial charge in [-0.2, -0.15) is 0 Å². The predicted octanol–water partition coefficient (Wildman–Crippen LogP) is 4.44. The monoisotopic (exact) mass is 507 g/mol. The first kappa shape index (κ1) is 27.2. The molecule has 0 N–H and O–H groups in total. The van der Waals surface area contributed by atoms with Crippen molar-refractivity contribution in [3.8, 4) is 0 Å². The Morgan fingerprint density at radius 2 is 1.56 bits per heavy atom. The van der Waals surface area contributed by atoms with Gasteiger partial charge in [-0.1, -0.05) is 92.6 Å². The summed E-state index contributed by atoms with van der Waals surface area (Å²) in [5.41, 5.74) is 10.0. The van der Waals surface area contributed by atoms with Crippen molar-refractivity contribution in [1.82, 2.24) is 0 Å². The van der Waals surface area contributed by atoms with Crippen LogP contribution in [0.2, 0.25) is 5.04 Å². The van der Waals surface area contributed by atoms with Crippen LogP contribution in [0.15, 0.2) is 77.4 Å². The normalized spacial score (nSPS) is 20.0. The molecule has 0 fully saturated rings. The fraction of sp³-hybridized carbons (Fsp3) is 0.407. The number of hydrogen-bond donors (Lipinski definition) is 0. The van der Waals surface area contributed by atoms with Crippen LogP contribution in [-0.4, -0.2) is 45.1 Å². The number of esters is 2. The number of carbonyl (C=O) groups is 2. The maximum atomic E-state index is 12.1. The molecule has 8 nitrogen and oxygen atoms in total. The van der Waals surface area contributed by atoms with E-state index in [1.807, 2.05) is 42.5 Å². The van der Waals surface area contributed by atoms with Crippen molar-refractivity contribution in [2.45, 2.75) is 64.3 Å². The van der Waals surface area contributed by atoms with Crippen LogP contribution in [0.5, 0.6) is 0 Å². The minimum atomic E-state index is -3.03. The van der Waals surface area contributed by atoms with E-state index < -0.39 is 38.5 Å². The van der Waals surface area contributed by atoms with Gasteiger partial charge in [0.25, 0.3) is 8.32 Å². The van der Waals surface area contributed by atoms with Crippen LogP contribution in [0.25, 0.3) is 10.4 Å². The first-order valence-electron chi connectivity index (χ1n) is 11.9. The zero-order valence-corrected chi connectivity index (χ0v) is 22.4. The van der Waals surface area contributed by atoms with E-state index in [2.05, 4.69) is 55.1 Å². The van der Waals surface area contributed by atoms with Gasteiger partial charge in [-0.05, 0) is 32.9 Å². The summed E-state index contributed by atoms with van der Waals surface area (Å²) in [6.07, 6.45) is 0.589. The standard InChI is InChI=1S/C27H33N3O5Si/c1-19(31)33-18-21-16-24(29-30-28)26(34-20(2)32)25(17-21)35-36(27(3,4)5,22-12-8-6-9-13-22)23-14-10-7-11-15-23/h6-15,17,24-26H,16,18H2,1-5H3/t24-,25+,26+/m1/s1. The van der Waals surface area contributed by atoms with Crippen LogP contribution in [-0.2, 0) is 23.5 Å². The number of hydrogen-bond acceptors (Lipinski definition) is 6. The third kappa shape index (κ3) is 6.05. The van der Waals surface area contributed by atoms with Crippen molar-refractivity contribution < 1.29 is 23.5 Å². The SMILES string of the molecule is CC(=O)OCC1=C[C@H](O[Si](c2ccccc2)(c2ccccc2)C(C)(C)C)[C@@H](OC(C)=O)[C@H](N=[N+]=[N-])C1. The Hall–Kier alpha value is -3.39. The van der Waals surface area contributed by atoms with Gasteiger partial charge in [0.05, 0.1) is 6.04 Å². The molecule has 0 spiro atoms. The lowest BCUT2D eigenvalue weighted by Crippen LogP contribution is -2.69. The molecule has 36 heavy (non-hydrogen) atoms. The molecular weight excluding hydrogens is 474 g/mol. The van der Waals surface area contributed by atoms with Crippen LogP contribution in [0.1, 0.15) is 41.0 Å². The van der Waals surface area contributed by atoms with Crippen molar-refractivity contribution in [3.05, 3.63) is 82.8 Å². The Morgan fingerprint density at radius 3 is 2.00 bits per heavy atom. The molecule has 2 aromatic carbocycles. The molecule has 190 valence electrons. The molecular formula is C27H33N3O5Si. The molecule has 0 unspecified atom stereocenters. The highest BCUT2D eigenvalue weighted by molar-refractivity contribution is 6.99. The molecule has 0 bridgehead atoms. The summed E-state index contributed by atoms with van der Waals surface area (Å²) in [5.74, 6) is -0.908. The highest BCUT2D eigenvalue weighted by atomic mass is 28.4. The summed E-state index contributed by atoms with van der Waals surface area (Å²) < 4.78 is 18.2. The van der Waals surface area contributed by atoms with Crippen molar-refractivity contribution in [3.63, 3.8) is 0 Å². The van der Waals surface area contributed by atoms with Gasteiger partial charge in [0.1, 0.15) is 18.8 Å². The zero-order chi connectivity index (χ0) is 26.3. The van der Waals surface area contributed by atoms with E-state index in [4.69, 9.17) is 13.9 Å². The van der Waals surface area contributed by atoms with Crippen LogP contribution in [0.3, 0.4) is 0 Å². The number of benzene rings is 2. The second-order valence-electron chi connectivity index (χ2n) is 9.90. The third-order valence-corrected chi connectivity index (χ3v) is 11.3. The molecule has 0 amide bonds. The second kappa shape index (κ2) is 11.6. The van der Waals surface area contributed by atoms with E-state index in [0.29, 0.717) is 0 Å². The van der Waals surface area contributed by atoms with E-state index in [-0.39, 0.29) is 18.1 Å². The molecule has 0 saturated heterocycles. The van der Waals surface area contributed by atoms with Gasteiger partial charge in [0.15, 0.2) is 0 Å². The van der Waals surface area contributed by atoms with Crippen molar-refractivity contribution in [2.24, 2.45) is 5.11 Å². The Labute approximate surface area is 213 Å². The lowest BCUT2D eigenvalue weighted by molar-refractivity contribution is -0.152. The van der Waals surface area contributed by atoms with E-state index in [0.717, 1.165) is 15.9 Å². The molecule has 0 aliphatic heterocycles. The quantitative estimate of drug-likeness (QED) is 0.131. The molecule has 3 rings (SSSR count). The van der Waals surface area contributed by atoms with Gasteiger partial charge in [-0.3, -0.25) is 9.59 Å². The highest BCUT2D eigenvalue weighted by Crippen LogP contribution is 2.40. The molecule has 0 heterocycles. The maximum Gasteiger partial charge on any atom is 0.303 e. The zero-order valence-electron chi connectivity index (χ0n) is 21.4. The second-order valence-corrected chi connectivity index (χ2v) is 14.2. The summed E-state index contributed by atoms with van der Waals surface area (Å²) in [4.78, 5) is 26.6. The maximum absolute atomic E-state index is 12.1. The number of azide groups is 1. The Kier molecular flexibility index (Phi) is 8.73. The molecule has 1 aliphatic rings. The summed E-state index contributed by atoms with van der Waals surface area (Å²) in [7, 11) is -3.03. The van der Waals surface area contributed by atoms with E-state index in [1.165, 1.54) is 13.8 Å². The Morgan fingerprint density at radius 1 is 1.00 bits per heavy atom. The summed E-state index contributed by atoms with van der Waals surface area (Å²) in [5, 5.41) is 5.74. The molecule has 9 heteroatoms. The topological polar surface area (TPSA) is 111 Å². The van der Waals surface area contributed by atoms with Crippen LogP contribution in [0.4, 0.5) is 0 Å². The molecule has 3 atom stereocenters. The van der Waals surface area contributed by atoms with Gasteiger partial charge in [-0.15, -0.1) is 0 Å². The van der Waals surface area contributed by atoms with Crippen molar-refractivity contribution in [2.75, 3.05) is 6.61 Å². The average molecular weight is 508 g/mol. The van der Waals surface area contributed by atoms with Crippen LogP contribution < -0.4 is 10.4 Å². The predicted molar refractivity (Wildman–Crippen MR) is 140 cm³/mol. The average Bonchev–Trinajstić information content (AvgIpc) is 2.83.